The van der Waals surface area contributed by atoms with E-state index in [-0.39, 0.29) is 17.0 Å². The van der Waals surface area contributed by atoms with Gasteiger partial charge in [-0.1, -0.05) is 12.1 Å². The van der Waals surface area contributed by atoms with E-state index >= 15 is 0 Å². The number of carboxylic acid groups (broad SMARTS) is 1. The van der Waals surface area contributed by atoms with Crippen LogP contribution in [0.5, 0.6) is 0 Å². The van der Waals surface area contributed by atoms with Crippen LogP contribution in [0.15, 0.2) is 24.3 Å². The van der Waals surface area contributed by atoms with Crippen LogP contribution in [0.3, 0.4) is 0 Å². The molecule has 1 saturated heterocycles. The van der Waals surface area contributed by atoms with Crippen LogP contribution < -0.4 is 5.32 Å². The molecule has 0 saturated carbocycles. The summed E-state index contributed by atoms with van der Waals surface area (Å²) in [7, 11) is 0. The van der Waals surface area contributed by atoms with Crippen molar-refractivity contribution < 1.29 is 19.4 Å². The van der Waals surface area contributed by atoms with Crippen molar-refractivity contribution in [3.05, 3.63) is 35.4 Å². The Balaban J connectivity index is 1.82. The van der Waals surface area contributed by atoms with Crippen LogP contribution in [0.2, 0.25) is 0 Å². The maximum atomic E-state index is 11.9. The number of aryl methyl sites for hydroxylation is 1. The van der Waals surface area contributed by atoms with Gasteiger partial charge >= 0.3 is 5.97 Å². The summed E-state index contributed by atoms with van der Waals surface area (Å²) in [4.78, 5) is 22.6. The second-order valence-electron chi connectivity index (χ2n) is 5.41. The van der Waals surface area contributed by atoms with E-state index in [9.17, 15) is 9.59 Å². The van der Waals surface area contributed by atoms with Gasteiger partial charge in [0.05, 0.1) is 17.7 Å². The number of hydrogen-bond acceptors (Lipinski definition) is 3. The number of aromatic carboxylic acids is 1. The predicted octanol–water partition coefficient (Wildman–Crippen LogP) is 1.61. The van der Waals surface area contributed by atoms with Crippen LogP contribution in [0.4, 0.5) is 0 Å². The SMILES string of the molecule is CC1(NC(=O)CCc2ccc(C(=O)O)cc2)CCOC1. The zero-order valence-corrected chi connectivity index (χ0v) is 11.5. The summed E-state index contributed by atoms with van der Waals surface area (Å²) in [5, 5.41) is 11.8. The number of carbonyl (C=O) groups is 2. The lowest BCUT2D eigenvalue weighted by molar-refractivity contribution is -0.122. The minimum atomic E-state index is -0.941. The molecular weight excluding hydrogens is 258 g/mol. The first-order valence-corrected chi connectivity index (χ1v) is 6.69. The van der Waals surface area contributed by atoms with Crippen molar-refractivity contribution in [1.82, 2.24) is 5.32 Å². The minimum Gasteiger partial charge on any atom is -0.478 e. The van der Waals surface area contributed by atoms with Gasteiger partial charge in [-0.3, -0.25) is 4.79 Å². The standard InChI is InChI=1S/C15H19NO4/c1-15(8-9-20-10-15)16-13(17)7-4-11-2-5-12(6-3-11)14(18)19/h2-3,5-6H,4,7-10H2,1H3,(H,16,17)(H,18,19). The molecule has 1 fully saturated rings. The Morgan fingerprint density at radius 2 is 2.05 bits per heavy atom. The predicted molar refractivity (Wildman–Crippen MR) is 73.7 cm³/mol. The van der Waals surface area contributed by atoms with Gasteiger partial charge < -0.3 is 15.2 Å². The van der Waals surface area contributed by atoms with Gasteiger partial charge in [-0.2, -0.15) is 0 Å². The molecule has 2 rings (SSSR count). The Morgan fingerprint density at radius 3 is 2.60 bits per heavy atom. The van der Waals surface area contributed by atoms with E-state index in [4.69, 9.17) is 9.84 Å². The molecule has 1 aliphatic heterocycles. The van der Waals surface area contributed by atoms with E-state index in [2.05, 4.69) is 5.32 Å². The Kier molecular flexibility index (Phi) is 4.39. The summed E-state index contributed by atoms with van der Waals surface area (Å²) in [5.74, 6) is -0.941. The molecule has 1 heterocycles. The number of carbonyl (C=O) groups excluding carboxylic acids is 1. The van der Waals surface area contributed by atoms with E-state index in [1.165, 1.54) is 0 Å². The quantitative estimate of drug-likeness (QED) is 0.857. The number of ether oxygens (including phenoxy) is 1. The molecule has 20 heavy (non-hydrogen) atoms. The molecule has 0 spiro atoms. The van der Waals surface area contributed by atoms with Gasteiger partial charge in [-0.25, -0.2) is 4.79 Å². The summed E-state index contributed by atoms with van der Waals surface area (Å²) in [5.41, 5.74) is 0.969. The minimum absolute atomic E-state index is 0.000288. The van der Waals surface area contributed by atoms with E-state index < -0.39 is 5.97 Å². The molecule has 1 aromatic rings. The average Bonchev–Trinajstić information content (AvgIpc) is 2.83. The van der Waals surface area contributed by atoms with Crippen LogP contribution in [-0.4, -0.2) is 35.7 Å². The first kappa shape index (κ1) is 14.5. The normalized spacial score (nSPS) is 21.6. The summed E-state index contributed by atoms with van der Waals surface area (Å²) in [6, 6.07) is 6.61. The maximum absolute atomic E-state index is 11.9. The van der Waals surface area contributed by atoms with Crippen molar-refractivity contribution >= 4 is 11.9 Å². The summed E-state index contributed by atoms with van der Waals surface area (Å²) < 4.78 is 5.29. The highest BCUT2D eigenvalue weighted by Gasteiger charge is 2.30. The summed E-state index contributed by atoms with van der Waals surface area (Å²) in [6.45, 7) is 3.24. The van der Waals surface area contributed by atoms with Crippen LogP contribution in [0, 0.1) is 0 Å². The molecule has 5 nitrogen and oxygen atoms in total. The third-order valence-corrected chi connectivity index (χ3v) is 3.50. The zero-order valence-electron chi connectivity index (χ0n) is 11.5. The first-order chi connectivity index (χ1) is 9.48. The highest BCUT2D eigenvalue weighted by Crippen LogP contribution is 2.17. The number of benzene rings is 1. The molecule has 0 bridgehead atoms. The van der Waals surface area contributed by atoms with Crippen LogP contribution in [0.1, 0.15) is 35.7 Å². The fourth-order valence-electron chi connectivity index (χ4n) is 2.24. The van der Waals surface area contributed by atoms with Gasteiger partial charge in [-0.05, 0) is 37.5 Å². The molecule has 1 unspecified atom stereocenters. The third kappa shape index (κ3) is 3.81. The Morgan fingerprint density at radius 1 is 1.35 bits per heavy atom. The van der Waals surface area contributed by atoms with E-state index in [0.29, 0.717) is 26.1 Å². The topological polar surface area (TPSA) is 75.6 Å². The Labute approximate surface area is 117 Å². The smallest absolute Gasteiger partial charge is 0.335 e. The van der Waals surface area contributed by atoms with Crippen molar-refractivity contribution in [1.29, 1.82) is 0 Å². The van der Waals surface area contributed by atoms with E-state index in [1.807, 2.05) is 6.92 Å². The lowest BCUT2D eigenvalue weighted by Gasteiger charge is -2.23. The number of carboxylic acids is 1. The fourth-order valence-corrected chi connectivity index (χ4v) is 2.24. The van der Waals surface area contributed by atoms with E-state index in [1.54, 1.807) is 24.3 Å². The number of nitrogens with one attached hydrogen (secondary N) is 1. The first-order valence-electron chi connectivity index (χ1n) is 6.69. The lowest BCUT2D eigenvalue weighted by Crippen LogP contribution is -2.46. The molecule has 0 aliphatic carbocycles. The second kappa shape index (κ2) is 6.05. The highest BCUT2D eigenvalue weighted by atomic mass is 16.5. The molecule has 0 radical (unpaired) electrons. The van der Waals surface area contributed by atoms with Gasteiger partial charge in [0.15, 0.2) is 0 Å². The number of amides is 1. The van der Waals surface area contributed by atoms with Gasteiger partial charge in [0.25, 0.3) is 0 Å². The van der Waals surface area contributed by atoms with E-state index in [0.717, 1.165) is 12.0 Å². The average molecular weight is 277 g/mol. The largest absolute Gasteiger partial charge is 0.478 e. The Hall–Kier alpha value is -1.88. The van der Waals surface area contributed by atoms with Crippen molar-refractivity contribution in [2.45, 2.75) is 31.7 Å². The molecule has 1 aliphatic rings. The number of rotatable bonds is 5. The molecule has 108 valence electrons. The second-order valence-corrected chi connectivity index (χ2v) is 5.41. The van der Waals surface area contributed by atoms with Gasteiger partial charge in [0.2, 0.25) is 5.91 Å². The summed E-state index contributed by atoms with van der Waals surface area (Å²) >= 11 is 0. The lowest BCUT2D eigenvalue weighted by atomic mass is 10.0. The molecule has 5 heteroatoms. The molecular formula is C15H19NO4. The van der Waals surface area contributed by atoms with Crippen molar-refractivity contribution in [3.8, 4) is 0 Å². The molecule has 1 atom stereocenters. The highest BCUT2D eigenvalue weighted by molar-refractivity contribution is 5.87. The molecule has 1 amide bonds. The zero-order chi connectivity index (χ0) is 14.6. The monoisotopic (exact) mass is 277 g/mol. The van der Waals surface area contributed by atoms with Crippen LogP contribution >= 0.6 is 0 Å². The molecule has 1 aromatic carbocycles. The van der Waals surface area contributed by atoms with Crippen LogP contribution in [-0.2, 0) is 16.0 Å². The van der Waals surface area contributed by atoms with Crippen molar-refractivity contribution in [2.24, 2.45) is 0 Å². The summed E-state index contributed by atoms with van der Waals surface area (Å²) in [6.07, 6.45) is 1.83. The molecule has 0 aromatic heterocycles. The fraction of sp³-hybridized carbons (Fsp3) is 0.467. The maximum Gasteiger partial charge on any atom is 0.335 e. The van der Waals surface area contributed by atoms with Gasteiger partial charge in [0.1, 0.15) is 0 Å². The van der Waals surface area contributed by atoms with Gasteiger partial charge in [0, 0.05) is 13.0 Å². The Bertz CT molecular complexity index is 489. The number of hydrogen-bond donors (Lipinski definition) is 2. The third-order valence-electron chi connectivity index (χ3n) is 3.50. The van der Waals surface area contributed by atoms with Crippen LogP contribution in [0.25, 0.3) is 0 Å². The molecule has 2 N–H and O–H groups in total. The van der Waals surface area contributed by atoms with Crippen molar-refractivity contribution in [2.75, 3.05) is 13.2 Å². The van der Waals surface area contributed by atoms with Crippen molar-refractivity contribution in [3.63, 3.8) is 0 Å². The van der Waals surface area contributed by atoms with Gasteiger partial charge in [-0.15, -0.1) is 0 Å².